The minimum Gasteiger partial charge on any atom is -0.350 e. The molecule has 1 saturated heterocycles. The molecule has 5 heteroatoms. The molecule has 1 fully saturated rings. The van der Waals surface area contributed by atoms with E-state index in [2.05, 4.69) is 17.6 Å². The van der Waals surface area contributed by atoms with Crippen LogP contribution in [0.2, 0.25) is 0 Å². The fraction of sp³-hybridized carbons (Fsp3) is 0.875. The highest BCUT2D eigenvalue weighted by Gasteiger charge is 2.31. The third kappa shape index (κ3) is 5.65. The number of carbonyl (C=O) groups excluding carboxylic acids is 2. The van der Waals surface area contributed by atoms with E-state index in [-0.39, 0.29) is 23.4 Å². The molecule has 0 aromatic heterocycles. The molecule has 0 saturated carbocycles. The van der Waals surface area contributed by atoms with Crippen LogP contribution in [0, 0.1) is 5.92 Å². The summed E-state index contributed by atoms with van der Waals surface area (Å²) in [7, 11) is 0. The zero-order valence-electron chi connectivity index (χ0n) is 14.3. The first-order chi connectivity index (χ1) is 9.64. The van der Waals surface area contributed by atoms with Gasteiger partial charge in [0, 0.05) is 31.6 Å². The van der Waals surface area contributed by atoms with Crippen LogP contribution in [0.3, 0.4) is 0 Å². The molecule has 5 nitrogen and oxygen atoms in total. The van der Waals surface area contributed by atoms with Crippen LogP contribution in [-0.2, 0) is 9.59 Å². The molecular formula is C16H31N3O2. The summed E-state index contributed by atoms with van der Waals surface area (Å²) in [5.74, 6) is 0.587. The first-order valence-electron chi connectivity index (χ1n) is 7.97. The molecule has 0 aromatic carbocycles. The van der Waals surface area contributed by atoms with Gasteiger partial charge in [0.05, 0.1) is 6.04 Å². The summed E-state index contributed by atoms with van der Waals surface area (Å²) in [4.78, 5) is 25.6. The van der Waals surface area contributed by atoms with E-state index < -0.39 is 0 Å². The largest absolute Gasteiger partial charge is 0.350 e. The predicted octanol–water partition coefficient (Wildman–Crippen LogP) is 1.53. The zero-order valence-corrected chi connectivity index (χ0v) is 14.3. The maximum absolute atomic E-state index is 12.2. The molecule has 1 aliphatic heterocycles. The lowest BCUT2D eigenvalue weighted by Gasteiger charge is -2.39. The number of piperidine rings is 1. The van der Waals surface area contributed by atoms with Crippen LogP contribution in [0.4, 0.5) is 0 Å². The summed E-state index contributed by atoms with van der Waals surface area (Å²) < 4.78 is 0. The van der Waals surface area contributed by atoms with Crippen molar-refractivity contribution in [3.8, 4) is 0 Å². The Balaban J connectivity index is 2.57. The number of hydrogen-bond donors (Lipinski definition) is 2. The molecule has 0 radical (unpaired) electrons. The van der Waals surface area contributed by atoms with Crippen LogP contribution in [0.15, 0.2) is 0 Å². The topological polar surface area (TPSA) is 61.4 Å². The summed E-state index contributed by atoms with van der Waals surface area (Å²) >= 11 is 0. The molecule has 0 unspecified atom stereocenters. The van der Waals surface area contributed by atoms with Gasteiger partial charge in [-0.25, -0.2) is 0 Å². The summed E-state index contributed by atoms with van der Waals surface area (Å²) in [5.41, 5.74) is -0.213. The van der Waals surface area contributed by atoms with E-state index in [0.717, 1.165) is 25.9 Å². The maximum atomic E-state index is 12.2. The predicted molar refractivity (Wildman–Crippen MR) is 84.9 cm³/mol. The highest BCUT2D eigenvalue weighted by atomic mass is 16.2. The standard InChI is InChI=1S/C16H31N3O2/c1-7-13-10-19(12(3)20)9-8-14(13)17-11(2)15(21)18-16(4,5)6/h11,13-14,17H,7-10H2,1-6H3,(H,18,21)/t11-,13+,14+/m0/s1. The molecule has 2 amide bonds. The van der Waals surface area contributed by atoms with Gasteiger partial charge in [-0.2, -0.15) is 0 Å². The van der Waals surface area contributed by atoms with Crippen molar-refractivity contribution in [2.75, 3.05) is 13.1 Å². The van der Waals surface area contributed by atoms with Gasteiger partial charge >= 0.3 is 0 Å². The minimum absolute atomic E-state index is 0.0337. The molecule has 1 aliphatic rings. The van der Waals surface area contributed by atoms with Crippen molar-refractivity contribution in [1.29, 1.82) is 0 Å². The average molecular weight is 297 g/mol. The first-order valence-corrected chi connectivity index (χ1v) is 7.97. The van der Waals surface area contributed by atoms with Gasteiger partial charge in [-0.15, -0.1) is 0 Å². The van der Waals surface area contributed by atoms with E-state index in [1.54, 1.807) is 6.92 Å². The number of nitrogens with zero attached hydrogens (tertiary/aromatic N) is 1. The molecule has 0 spiro atoms. The Morgan fingerprint density at radius 1 is 1.33 bits per heavy atom. The van der Waals surface area contributed by atoms with Crippen LogP contribution in [0.25, 0.3) is 0 Å². The summed E-state index contributed by atoms with van der Waals surface area (Å²) in [6, 6.07) is 0.0819. The van der Waals surface area contributed by atoms with Crippen LogP contribution in [0.5, 0.6) is 0 Å². The number of likely N-dealkylation sites (tertiary alicyclic amines) is 1. The molecule has 1 rings (SSSR count). The smallest absolute Gasteiger partial charge is 0.237 e. The number of hydrogen-bond acceptors (Lipinski definition) is 3. The van der Waals surface area contributed by atoms with Gasteiger partial charge in [0.15, 0.2) is 0 Å². The summed E-state index contributed by atoms with van der Waals surface area (Å²) in [5, 5.41) is 6.45. The second kappa shape index (κ2) is 7.25. The molecule has 122 valence electrons. The Labute approximate surface area is 128 Å². The Morgan fingerprint density at radius 2 is 1.95 bits per heavy atom. The number of amides is 2. The lowest BCUT2D eigenvalue weighted by Crippen LogP contribution is -2.56. The van der Waals surface area contributed by atoms with Gasteiger partial charge in [0.25, 0.3) is 0 Å². The van der Waals surface area contributed by atoms with E-state index in [1.807, 2.05) is 32.6 Å². The third-order valence-corrected chi connectivity index (χ3v) is 4.06. The first kappa shape index (κ1) is 18.0. The maximum Gasteiger partial charge on any atom is 0.237 e. The minimum atomic E-state index is -0.216. The van der Waals surface area contributed by atoms with Gasteiger partial charge in [-0.3, -0.25) is 9.59 Å². The van der Waals surface area contributed by atoms with E-state index in [1.165, 1.54) is 0 Å². The van der Waals surface area contributed by atoms with Crippen molar-refractivity contribution in [2.45, 2.75) is 72.0 Å². The lowest BCUT2D eigenvalue weighted by molar-refractivity contribution is -0.131. The van der Waals surface area contributed by atoms with E-state index in [0.29, 0.717) is 12.0 Å². The average Bonchev–Trinajstić information content (AvgIpc) is 2.36. The van der Waals surface area contributed by atoms with Crippen molar-refractivity contribution < 1.29 is 9.59 Å². The molecule has 0 aromatic rings. The number of nitrogens with one attached hydrogen (secondary N) is 2. The summed E-state index contributed by atoms with van der Waals surface area (Å²) in [6.45, 7) is 13.2. The second-order valence-electron chi connectivity index (χ2n) is 7.16. The molecule has 21 heavy (non-hydrogen) atoms. The van der Waals surface area contributed by atoms with Crippen molar-refractivity contribution in [3.05, 3.63) is 0 Å². The van der Waals surface area contributed by atoms with E-state index >= 15 is 0 Å². The van der Waals surface area contributed by atoms with Gasteiger partial charge in [-0.05, 0) is 40.0 Å². The molecule has 2 N–H and O–H groups in total. The van der Waals surface area contributed by atoms with E-state index in [9.17, 15) is 9.59 Å². The normalized spacial score (nSPS) is 24.6. The van der Waals surface area contributed by atoms with Crippen LogP contribution in [0.1, 0.15) is 54.4 Å². The van der Waals surface area contributed by atoms with Crippen LogP contribution >= 0.6 is 0 Å². The van der Waals surface area contributed by atoms with Crippen molar-refractivity contribution in [3.63, 3.8) is 0 Å². The Morgan fingerprint density at radius 3 is 2.43 bits per heavy atom. The van der Waals surface area contributed by atoms with Gasteiger partial charge < -0.3 is 15.5 Å². The Bertz CT molecular complexity index is 376. The third-order valence-electron chi connectivity index (χ3n) is 4.06. The number of rotatable bonds is 4. The summed E-state index contributed by atoms with van der Waals surface area (Å²) in [6.07, 6.45) is 1.92. The lowest BCUT2D eigenvalue weighted by atomic mass is 9.89. The highest BCUT2D eigenvalue weighted by Crippen LogP contribution is 2.21. The van der Waals surface area contributed by atoms with Gasteiger partial charge in [0.1, 0.15) is 0 Å². The fourth-order valence-corrected chi connectivity index (χ4v) is 2.83. The SMILES string of the molecule is CC[C@@H]1CN(C(C)=O)CC[C@H]1N[C@@H](C)C(=O)NC(C)(C)C. The van der Waals surface area contributed by atoms with Crippen LogP contribution < -0.4 is 10.6 Å². The molecular weight excluding hydrogens is 266 g/mol. The second-order valence-corrected chi connectivity index (χ2v) is 7.16. The Kier molecular flexibility index (Phi) is 6.20. The molecule has 1 heterocycles. The van der Waals surface area contributed by atoms with Gasteiger partial charge in [0.2, 0.25) is 11.8 Å². The van der Waals surface area contributed by atoms with Crippen LogP contribution in [-0.4, -0.2) is 47.4 Å². The molecule has 0 bridgehead atoms. The molecule has 0 aliphatic carbocycles. The quantitative estimate of drug-likeness (QED) is 0.827. The molecule has 3 atom stereocenters. The fourth-order valence-electron chi connectivity index (χ4n) is 2.83. The monoisotopic (exact) mass is 297 g/mol. The van der Waals surface area contributed by atoms with Gasteiger partial charge in [-0.1, -0.05) is 13.3 Å². The zero-order chi connectivity index (χ0) is 16.2. The van der Waals surface area contributed by atoms with E-state index in [4.69, 9.17) is 0 Å². The number of carbonyl (C=O) groups is 2. The Hall–Kier alpha value is -1.10. The van der Waals surface area contributed by atoms with Crippen molar-refractivity contribution in [2.24, 2.45) is 5.92 Å². The van der Waals surface area contributed by atoms with Crippen molar-refractivity contribution in [1.82, 2.24) is 15.5 Å². The van der Waals surface area contributed by atoms with Crippen molar-refractivity contribution >= 4 is 11.8 Å². The highest BCUT2D eigenvalue weighted by molar-refractivity contribution is 5.82.